The summed E-state index contributed by atoms with van der Waals surface area (Å²) < 4.78 is 67.3. The van der Waals surface area contributed by atoms with Crippen LogP contribution in [0.3, 0.4) is 0 Å². The zero-order valence-corrected chi connectivity index (χ0v) is 15.4. The summed E-state index contributed by atoms with van der Waals surface area (Å²) in [6, 6.07) is 6.14. The number of anilines is 1. The summed E-state index contributed by atoms with van der Waals surface area (Å²) in [4.78, 5) is 20.6. The molecule has 30 heavy (non-hydrogen) atoms. The summed E-state index contributed by atoms with van der Waals surface area (Å²) in [5, 5.41) is 11.6. The molecule has 0 saturated heterocycles. The van der Waals surface area contributed by atoms with Gasteiger partial charge in [0.2, 0.25) is 11.7 Å². The van der Waals surface area contributed by atoms with Gasteiger partial charge in [0, 0.05) is 11.1 Å². The second-order valence-corrected chi connectivity index (χ2v) is 6.22. The third-order valence-electron chi connectivity index (χ3n) is 4.24. The van der Waals surface area contributed by atoms with Gasteiger partial charge in [-0.15, -0.1) is 0 Å². The number of halogens is 5. The first kappa shape index (κ1) is 21.2. The van der Waals surface area contributed by atoms with Gasteiger partial charge in [-0.05, 0) is 30.7 Å². The van der Waals surface area contributed by atoms with Crippen LogP contribution in [0.25, 0.3) is 11.3 Å². The summed E-state index contributed by atoms with van der Waals surface area (Å²) >= 11 is 0. The van der Waals surface area contributed by atoms with Gasteiger partial charge < -0.3 is 10.4 Å². The van der Waals surface area contributed by atoms with Crippen molar-refractivity contribution in [3.8, 4) is 17.0 Å². The summed E-state index contributed by atoms with van der Waals surface area (Å²) in [5.41, 5.74) is 0.195. The van der Waals surface area contributed by atoms with Crippen LogP contribution in [-0.4, -0.2) is 21.0 Å². The van der Waals surface area contributed by atoms with Gasteiger partial charge in [0.05, 0.1) is 24.0 Å². The molecule has 3 aromatic rings. The molecule has 0 saturated carbocycles. The Kier molecular flexibility index (Phi) is 5.95. The number of hydrogen-bond acceptors (Lipinski definition) is 4. The number of aromatic hydroxyl groups is 1. The number of aryl methyl sites for hydroxylation is 1. The number of phenols is 1. The molecule has 0 spiro atoms. The highest BCUT2D eigenvalue weighted by molar-refractivity contribution is 5.92. The lowest BCUT2D eigenvalue weighted by Gasteiger charge is -2.11. The summed E-state index contributed by atoms with van der Waals surface area (Å²) in [6.45, 7) is 1.73. The fraction of sp³-hybridized carbons (Fsp3) is 0.150. The first-order chi connectivity index (χ1) is 14.2. The maximum absolute atomic E-state index is 13.8. The van der Waals surface area contributed by atoms with Gasteiger partial charge in [0.25, 0.3) is 0 Å². The number of carbonyl (C=O) groups excluding carboxylic acids is 1. The molecule has 0 bridgehead atoms. The van der Waals surface area contributed by atoms with Crippen molar-refractivity contribution in [2.75, 3.05) is 5.32 Å². The average molecular weight is 423 g/mol. The third-order valence-corrected chi connectivity index (χ3v) is 4.24. The molecule has 0 aliphatic carbocycles. The summed E-state index contributed by atoms with van der Waals surface area (Å²) in [6.07, 6.45) is 0.576. The molecule has 2 aromatic carbocycles. The highest BCUT2D eigenvalue weighted by Gasteiger charge is 2.27. The van der Waals surface area contributed by atoms with Crippen LogP contribution in [0.4, 0.5) is 27.8 Å². The minimum atomic E-state index is -2.29. The van der Waals surface area contributed by atoms with Gasteiger partial charge in [-0.25, -0.2) is 31.9 Å². The fourth-order valence-corrected chi connectivity index (χ4v) is 2.69. The molecule has 0 radical (unpaired) electrons. The number of benzene rings is 2. The van der Waals surface area contributed by atoms with Crippen molar-refractivity contribution in [3.05, 3.63) is 70.8 Å². The number of nitrogens with zero attached hydrogens (tertiary/aromatic N) is 2. The van der Waals surface area contributed by atoms with E-state index in [9.17, 15) is 31.9 Å². The second kappa shape index (κ2) is 8.44. The molecule has 1 heterocycles. The van der Waals surface area contributed by atoms with E-state index in [1.165, 1.54) is 18.3 Å². The van der Waals surface area contributed by atoms with Crippen LogP contribution in [-0.2, 0) is 17.6 Å². The minimum absolute atomic E-state index is 0.00565. The zero-order chi connectivity index (χ0) is 22.0. The van der Waals surface area contributed by atoms with Crippen LogP contribution in [0.15, 0.2) is 30.5 Å². The molecule has 0 atom stereocenters. The van der Waals surface area contributed by atoms with E-state index in [4.69, 9.17) is 0 Å². The van der Waals surface area contributed by atoms with Crippen LogP contribution in [0.1, 0.15) is 18.2 Å². The number of hydrogen-bond donors (Lipinski definition) is 2. The number of aromatic nitrogens is 2. The Hall–Kier alpha value is -3.56. The lowest BCUT2D eigenvalue weighted by molar-refractivity contribution is -0.115. The molecule has 0 unspecified atom stereocenters. The molecule has 1 amide bonds. The van der Waals surface area contributed by atoms with Crippen LogP contribution < -0.4 is 5.32 Å². The number of carbonyl (C=O) groups is 1. The molecule has 0 aliphatic heterocycles. The molecule has 1 aromatic heterocycles. The highest BCUT2D eigenvalue weighted by atomic mass is 19.2. The number of phenolic OH excluding ortho intramolecular Hbond substituents is 1. The zero-order valence-electron chi connectivity index (χ0n) is 15.4. The van der Waals surface area contributed by atoms with Crippen molar-refractivity contribution in [2.45, 2.75) is 19.8 Å². The van der Waals surface area contributed by atoms with E-state index in [-0.39, 0.29) is 11.6 Å². The predicted molar refractivity (Wildman–Crippen MR) is 97.1 cm³/mol. The van der Waals surface area contributed by atoms with E-state index in [1.54, 1.807) is 19.1 Å². The highest BCUT2D eigenvalue weighted by Crippen LogP contribution is 2.25. The second-order valence-electron chi connectivity index (χ2n) is 6.22. The first-order valence-corrected chi connectivity index (χ1v) is 8.68. The van der Waals surface area contributed by atoms with E-state index in [0.29, 0.717) is 23.4 Å². The van der Waals surface area contributed by atoms with E-state index < -0.39 is 47.0 Å². The van der Waals surface area contributed by atoms with Crippen molar-refractivity contribution in [1.82, 2.24) is 9.97 Å². The van der Waals surface area contributed by atoms with Crippen LogP contribution in [0.2, 0.25) is 0 Å². The van der Waals surface area contributed by atoms with Gasteiger partial charge in [-0.1, -0.05) is 6.92 Å². The van der Waals surface area contributed by atoms with Crippen molar-refractivity contribution >= 4 is 11.7 Å². The molecule has 10 heteroatoms. The topological polar surface area (TPSA) is 75.1 Å². The smallest absolute Gasteiger partial charge is 0.230 e. The average Bonchev–Trinajstić information content (AvgIpc) is 2.75. The lowest BCUT2D eigenvalue weighted by Crippen LogP contribution is -2.20. The lowest BCUT2D eigenvalue weighted by atomic mass is 10.1. The monoisotopic (exact) mass is 423 g/mol. The van der Waals surface area contributed by atoms with E-state index >= 15 is 0 Å². The van der Waals surface area contributed by atoms with Crippen molar-refractivity contribution < 1.29 is 31.9 Å². The third kappa shape index (κ3) is 4.07. The molecule has 156 valence electrons. The van der Waals surface area contributed by atoms with Gasteiger partial charge in [0.15, 0.2) is 29.1 Å². The minimum Gasteiger partial charge on any atom is -0.508 e. The summed E-state index contributed by atoms with van der Waals surface area (Å²) in [5.74, 6) is -11.6. The molecular formula is C20H14F5N3O2. The molecule has 5 nitrogen and oxygen atoms in total. The van der Waals surface area contributed by atoms with Crippen molar-refractivity contribution in [1.29, 1.82) is 0 Å². The maximum Gasteiger partial charge on any atom is 0.230 e. The normalized spacial score (nSPS) is 10.9. The Morgan fingerprint density at radius 2 is 1.53 bits per heavy atom. The van der Waals surface area contributed by atoms with Gasteiger partial charge in [0.1, 0.15) is 5.75 Å². The van der Waals surface area contributed by atoms with Crippen molar-refractivity contribution in [3.63, 3.8) is 0 Å². The molecule has 0 aliphatic rings. The van der Waals surface area contributed by atoms with E-state index in [1.807, 2.05) is 0 Å². The quantitative estimate of drug-likeness (QED) is 0.365. The van der Waals surface area contributed by atoms with E-state index in [0.717, 1.165) is 0 Å². The standard InChI is InChI=1S/C20H14F5N3O2/c1-2-12-20(26-8-13(27-12)9-3-5-10(29)6-4-9)28-14(30)7-11-15(21)17(23)19(25)18(24)16(11)22/h3-6,8,29H,2,7H2,1H3,(H,26,28,30). The van der Waals surface area contributed by atoms with Gasteiger partial charge in [-0.3, -0.25) is 4.79 Å². The van der Waals surface area contributed by atoms with E-state index in [2.05, 4.69) is 15.3 Å². The Bertz CT molecular complexity index is 1090. The number of amides is 1. The van der Waals surface area contributed by atoms with Crippen LogP contribution >= 0.6 is 0 Å². The van der Waals surface area contributed by atoms with Crippen LogP contribution in [0.5, 0.6) is 5.75 Å². The van der Waals surface area contributed by atoms with Crippen molar-refractivity contribution in [2.24, 2.45) is 0 Å². The largest absolute Gasteiger partial charge is 0.508 e. The Balaban J connectivity index is 1.85. The maximum atomic E-state index is 13.8. The molecule has 2 N–H and O–H groups in total. The van der Waals surface area contributed by atoms with Crippen LogP contribution in [0, 0.1) is 29.1 Å². The first-order valence-electron chi connectivity index (χ1n) is 8.68. The summed E-state index contributed by atoms with van der Waals surface area (Å²) in [7, 11) is 0. The number of nitrogens with one attached hydrogen (secondary N) is 1. The SMILES string of the molecule is CCc1nc(-c2ccc(O)cc2)cnc1NC(=O)Cc1c(F)c(F)c(F)c(F)c1F. The molecule has 3 rings (SSSR count). The number of rotatable bonds is 5. The predicted octanol–water partition coefficient (Wildman–Crippen LogP) is 4.29. The molecular weight excluding hydrogens is 409 g/mol. The Morgan fingerprint density at radius 3 is 2.10 bits per heavy atom. The Morgan fingerprint density at radius 1 is 0.967 bits per heavy atom. The van der Waals surface area contributed by atoms with Gasteiger partial charge >= 0.3 is 0 Å². The van der Waals surface area contributed by atoms with Gasteiger partial charge in [-0.2, -0.15) is 0 Å². The fourth-order valence-electron chi connectivity index (χ4n) is 2.69. The molecule has 0 fully saturated rings. The Labute approximate surface area is 167 Å².